The largest absolute Gasteiger partial charge is 0.369 e. The highest BCUT2D eigenvalue weighted by Gasteiger charge is 2.30. The van der Waals surface area contributed by atoms with Gasteiger partial charge in [-0.1, -0.05) is 0 Å². The van der Waals surface area contributed by atoms with Crippen molar-refractivity contribution in [1.82, 2.24) is 19.9 Å². The summed E-state index contributed by atoms with van der Waals surface area (Å²) in [5, 5.41) is 6.01. The molecule has 8 heteroatoms. The third-order valence-corrected chi connectivity index (χ3v) is 4.48. The third-order valence-electron chi connectivity index (χ3n) is 3.61. The number of amides is 1. The van der Waals surface area contributed by atoms with Gasteiger partial charge in [0.2, 0.25) is 5.91 Å². The monoisotopic (exact) mass is 318 g/mol. The molecule has 3 N–H and O–H groups in total. The van der Waals surface area contributed by atoms with Crippen LogP contribution in [0.1, 0.15) is 30.3 Å². The number of hydrogen-bond donors (Lipinski definition) is 2. The average molecular weight is 318 g/mol. The van der Waals surface area contributed by atoms with Gasteiger partial charge in [-0.3, -0.25) is 14.7 Å². The summed E-state index contributed by atoms with van der Waals surface area (Å²) in [5.74, 6) is 0.374. The summed E-state index contributed by atoms with van der Waals surface area (Å²) in [6.45, 7) is 3.04. The van der Waals surface area contributed by atoms with Gasteiger partial charge in [0.05, 0.1) is 18.3 Å². The number of aromatic nitrogens is 3. The van der Waals surface area contributed by atoms with Crippen molar-refractivity contribution in [3.8, 4) is 0 Å². The summed E-state index contributed by atoms with van der Waals surface area (Å²) in [5.41, 5.74) is 7.14. The Morgan fingerprint density at radius 1 is 1.50 bits per heavy atom. The molecule has 2 aromatic heterocycles. The van der Waals surface area contributed by atoms with E-state index in [2.05, 4.69) is 25.2 Å². The predicted octanol–water partition coefficient (Wildman–Crippen LogP) is 1.61. The third kappa shape index (κ3) is 3.23. The minimum absolute atomic E-state index is 0.0600. The molecule has 1 atom stereocenters. The first-order valence-corrected chi connectivity index (χ1v) is 8.04. The smallest absolute Gasteiger partial charge is 0.231 e. The van der Waals surface area contributed by atoms with Gasteiger partial charge in [0.15, 0.2) is 10.9 Å². The zero-order chi connectivity index (χ0) is 15.5. The normalized spacial score (nSPS) is 18.5. The summed E-state index contributed by atoms with van der Waals surface area (Å²) >= 11 is 1.53. The van der Waals surface area contributed by atoms with Gasteiger partial charge in [0, 0.05) is 17.8 Å². The van der Waals surface area contributed by atoms with Gasteiger partial charge < -0.3 is 11.1 Å². The van der Waals surface area contributed by atoms with Gasteiger partial charge >= 0.3 is 0 Å². The molecule has 1 aliphatic rings. The van der Waals surface area contributed by atoms with E-state index in [0.717, 1.165) is 35.9 Å². The molecular weight excluding hydrogens is 300 g/mol. The van der Waals surface area contributed by atoms with E-state index in [-0.39, 0.29) is 18.5 Å². The fourth-order valence-corrected chi connectivity index (χ4v) is 3.41. The molecule has 0 spiro atoms. The lowest BCUT2D eigenvalue weighted by Crippen LogP contribution is -2.34. The van der Waals surface area contributed by atoms with Crippen LogP contribution in [0.15, 0.2) is 17.8 Å². The van der Waals surface area contributed by atoms with Gasteiger partial charge in [0.1, 0.15) is 5.69 Å². The maximum atomic E-state index is 11.2. The van der Waals surface area contributed by atoms with Gasteiger partial charge in [-0.05, 0) is 26.3 Å². The van der Waals surface area contributed by atoms with E-state index in [4.69, 9.17) is 5.73 Å². The molecule has 1 fully saturated rings. The molecule has 1 aliphatic heterocycles. The van der Waals surface area contributed by atoms with Crippen LogP contribution >= 0.6 is 11.3 Å². The Balaban J connectivity index is 1.85. The Kier molecular flexibility index (Phi) is 4.30. The molecule has 116 valence electrons. The zero-order valence-electron chi connectivity index (χ0n) is 12.3. The topological polar surface area (TPSA) is 97.0 Å². The molecular formula is C14H18N6OS. The van der Waals surface area contributed by atoms with Crippen LogP contribution in [-0.4, -0.2) is 38.8 Å². The van der Waals surface area contributed by atoms with Gasteiger partial charge in [-0.15, -0.1) is 11.3 Å². The molecule has 1 amide bonds. The molecule has 0 aromatic carbocycles. The van der Waals surface area contributed by atoms with Crippen LogP contribution in [0.25, 0.3) is 0 Å². The maximum absolute atomic E-state index is 11.2. The molecule has 3 heterocycles. The number of carbonyl (C=O) groups excluding carboxylic acids is 1. The second-order valence-electron chi connectivity index (χ2n) is 5.30. The van der Waals surface area contributed by atoms with Crippen molar-refractivity contribution in [2.75, 3.05) is 18.4 Å². The number of hydrogen-bond acceptors (Lipinski definition) is 7. The Morgan fingerprint density at radius 3 is 3.05 bits per heavy atom. The van der Waals surface area contributed by atoms with Crippen LogP contribution in [0, 0.1) is 6.92 Å². The number of carbonyl (C=O) groups is 1. The minimum Gasteiger partial charge on any atom is -0.369 e. The first-order valence-electron chi connectivity index (χ1n) is 7.16. The molecule has 1 saturated heterocycles. The maximum Gasteiger partial charge on any atom is 0.231 e. The molecule has 0 unspecified atom stereocenters. The van der Waals surface area contributed by atoms with Crippen molar-refractivity contribution < 1.29 is 4.79 Å². The molecule has 0 saturated carbocycles. The quantitative estimate of drug-likeness (QED) is 0.869. The molecule has 0 aliphatic carbocycles. The number of anilines is 2. The van der Waals surface area contributed by atoms with Crippen LogP contribution in [0.3, 0.4) is 0 Å². The second kappa shape index (κ2) is 6.37. The molecule has 3 rings (SSSR count). The van der Waals surface area contributed by atoms with Crippen molar-refractivity contribution in [3.63, 3.8) is 0 Å². The van der Waals surface area contributed by atoms with Crippen LogP contribution in [0.2, 0.25) is 0 Å². The number of thiazole rings is 1. The summed E-state index contributed by atoms with van der Waals surface area (Å²) < 4.78 is 0. The van der Waals surface area contributed by atoms with E-state index in [1.165, 1.54) is 11.3 Å². The molecule has 0 radical (unpaired) electrons. The van der Waals surface area contributed by atoms with Gasteiger partial charge in [0.25, 0.3) is 0 Å². The Morgan fingerprint density at radius 2 is 2.32 bits per heavy atom. The number of aryl methyl sites for hydroxylation is 1. The highest BCUT2D eigenvalue weighted by atomic mass is 32.1. The number of likely N-dealkylation sites (tertiary alicyclic amines) is 1. The summed E-state index contributed by atoms with van der Waals surface area (Å²) in [7, 11) is 0. The van der Waals surface area contributed by atoms with Crippen LogP contribution in [0.5, 0.6) is 0 Å². The Bertz CT molecular complexity index is 673. The first kappa shape index (κ1) is 14.9. The number of nitrogens with one attached hydrogen (secondary N) is 1. The minimum atomic E-state index is -0.319. The highest BCUT2D eigenvalue weighted by molar-refractivity contribution is 7.13. The lowest BCUT2D eigenvalue weighted by Gasteiger charge is -2.23. The lowest BCUT2D eigenvalue weighted by molar-refractivity contribution is -0.119. The lowest BCUT2D eigenvalue weighted by atomic mass is 10.1. The van der Waals surface area contributed by atoms with E-state index < -0.39 is 0 Å². The first-order chi connectivity index (χ1) is 10.6. The SMILES string of the molecule is Cc1csc(Nc2nccnc2[C@H]2CCCN2CC(N)=O)n1. The van der Waals surface area contributed by atoms with E-state index in [0.29, 0.717) is 5.82 Å². The fourth-order valence-electron chi connectivity index (χ4n) is 2.73. The van der Waals surface area contributed by atoms with E-state index >= 15 is 0 Å². The van der Waals surface area contributed by atoms with Crippen molar-refractivity contribution in [3.05, 3.63) is 29.2 Å². The zero-order valence-corrected chi connectivity index (χ0v) is 13.1. The van der Waals surface area contributed by atoms with Crippen molar-refractivity contribution in [2.45, 2.75) is 25.8 Å². The van der Waals surface area contributed by atoms with Crippen LogP contribution in [0.4, 0.5) is 10.9 Å². The fraction of sp³-hybridized carbons (Fsp3) is 0.429. The summed E-state index contributed by atoms with van der Waals surface area (Å²) in [4.78, 5) is 26.6. The second-order valence-corrected chi connectivity index (χ2v) is 6.16. The van der Waals surface area contributed by atoms with E-state index in [1.807, 2.05) is 12.3 Å². The average Bonchev–Trinajstić information content (AvgIpc) is 3.08. The van der Waals surface area contributed by atoms with Crippen molar-refractivity contribution >= 4 is 28.2 Å². The summed E-state index contributed by atoms with van der Waals surface area (Å²) in [6, 6.07) is 0.0600. The van der Waals surface area contributed by atoms with Gasteiger partial charge in [-0.2, -0.15) is 0 Å². The number of rotatable bonds is 5. The Labute approximate surface area is 132 Å². The van der Waals surface area contributed by atoms with E-state index in [9.17, 15) is 4.79 Å². The highest BCUT2D eigenvalue weighted by Crippen LogP contribution is 2.34. The number of nitrogens with zero attached hydrogens (tertiary/aromatic N) is 4. The van der Waals surface area contributed by atoms with Crippen molar-refractivity contribution in [2.24, 2.45) is 5.73 Å². The number of nitrogens with two attached hydrogens (primary N) is 1. The standard InChI is InChI=1S/C14H18N6OS/c1-9-8-22-14(18-9)19-13-12(16-4-5-17-13)10-3-2-6-20(10)7-11(15)21/h4-5,8,10H,2-3,6-7H2,1H3,(H2,15,21)(H,17,18,19)/t10-/m1/s1. The van der Waals surface area contributed by atoms with Crippen LogP contribution in [-0.2, 0) is 4.79 Å². The predicted molar refractivity (Wildman–Crippen MR) is 84.9 cm³/mol. The Hall–Kier alpha value is -2.06. The molecule has 7 nitrogen and oxygen atoms in total. The summed E-state index contributed by atoms with van der Waals surface area (Å²) in [6.07, 6.45) is 5.29. The number of primary amides is 1. The van der Waals surface area contributed by atoms with E-state index in [1.54, 1.807) is 12.4 Å². The molecule has 22 heavy (non-hydrogen) atoms. The molecule has 0 bridgehead atoms. The van der Waals surface area contributed by atoms with Crippen molar-refractivity contribution in [1.29, 1.82) is 0 Å². The molecule has 2 aromatic rings. The van der Waals surface area contributed by atoms with Gasteiger partial charge in [-0.25, -0.2) is 9.97 Å². The van der Waals surface area contributed by atoms with Crippen LogP contribution < -0.4 is 11.1 Å².